The van der Waals surface area contributed by atoms with Crippen LogP contribution >= 0.6 is 0 Å². The Morgan fingerprint density at radius 3 is 2.28 bits per heavy atom. The number of nitrogens with zero attached hydrogens (tertiary/aromatic N) is 4. The minimum absolute atomic E-state index is 0.0924. The first-order chi connectivity index (χ1) is 14.0. The van der Waals surface area contributed by atoms with Crippen LogP contribution in [0.2, 0.25) is 0 Å². The SMILES string of the molecule is O=C(N/N=C\c1cc([N+](=O)[O-])ccc1N1CCOCC1)c1ccc([N+](=O)[O-])cc1. The van der Waals surface area contributed by atoms with E-state index in [1.165, 1.54) is 42.6 Å². The van der Waals surface area contributed by atoms with Gasteiger partial charge in [0, 0.05) is 54.2 Å². The maximum absolute atomic E-state index is 12.1. The summed E-state index contributed by atoms with van der Waals surface area (Å²) >= 11 is 0. The Balaban J connectivity index is 1.77. The van der Waals surface area contributed by atoms with E-state index in [4.69, 9.17) is 4.74 Å². The predicted octanol–water partition coefficient (Wildman–Crippen LogP) is 2.10. The molecule has 1 amide bonds. The fourth-order valence-electron chi connectivity index (χ4n) is 2.81. The van der Waals surface area contributed by atoms with Gasteiger partial charge in [0.1, 0.15) is 0 Å². The number of anilines is 1. The third-order valence-corrected chi connectivity index (χ3v) is 4.28. The number of nitro groups is 2. The lowest BCUT2D eigenvalue weighted by atomic mass is 10.1. The number of amides is 1. The van der Waals surface area contributed by atoms with Crippen LogP contribution < -0.4 is 10.3 Å². The van der Waals surface area contributed by atoms with Crippen molar-refractivity contribution in [3.05, 3.63) is 73.8 Å². The molecule has 3 rings (SSSR count). The van der Waals surface area contributed by atoms with Crippen LogP contribution in [0, 0.1) is 20.2 Å². The van der Waals surface area contributed by atoms with Crippen molar-refractivity contribution in [3.8, 4) is 0 Å². The zero-order valence-electron chi connectivity index (χ0n) is 15.2. The van der Waals surface area contributed by atoms with Crippen molar-refractivity contribution < 1.29 is 19.4 Å². The Bertz CT molecular complexity index is 954. The van der Waals surface area contributed by atoms with E-state index in [2.05, 4.69) is 10.5 Å². The molecule has 0 saturated carbocycles. The topological polar surface area (TPSA) is 140 Å². The number of hydrogen-bond donors (Lipinski definition) is 1. The molecule has 150 valence electrons. The molecule has 0 atom stereocenters. The molecule has 0 spiro atoms. The molecule has 29 heavy (non-hydrogen) atoms. The van der Waals surface area contributed by atoms with E-state index < -0.39 is 15.8 Å². The Kier molecular flexibility index (Phi) is 6.09. The Morgan fingerprint density at radius 1 is 1.03 bits per heavy atom. The van der Waals surface area contributed by atoms with Gasteiger partial charge >= 0.3 is 0 Å². The molecule has 1 N–H and O–H groups in total. The lowest BCUT2D eigenvalue weighted by Gasteiger charge is -2.29. The van der Waals surface area contributed by atoms with Crippen LogP contribution in [0.3, 0.4) is 0 Å². The van der Waals surface area contributed by atoms with Crippen molar-refractivity contribution in [1.82, 2.24) is 5.43 Å². The number of nitro benzene ring substituents is 2. The highest BCUT2D eigenvalue weighted by Crippen LogP contribution is 2.25. The molecule has 0 bridgehead atoms. The van der Waals surface area contributed by atoms with Gasteiger partial charge in [-0.3, -0.25) is 25.0 Å². The molecule has 1 aliphatic rings. The van der Waals surface area contributed by atoms with E-state index in [9.17, 15) is 25.0 Å². The van der Waals surface area contributed by atoms with Gasteiger partial charge in [0.25, 0.3) is 17.3 Å². The lowest BCUT2D eigenvalue weighted by molar-refractivity contribution is -0.385. The number of benzene rings is 2. The van der Waals surface area contributed by atoms with E-state index in [-0.39, 0.29) is 16.9 Å². The molecule has 1 fully saturated rings. The second-order valence-electron chi connectivity index (χ2n) is 6.10. The average molecular weight is 399 g/mol. The number of morpholine rings is 1. The molecule has 2 aromatic rings. The van der Waals surface area contributed by atoms with E-state index in [1.54, 1.807) is 6.07 Å². The molecule has 0 aromatic heterocycles. The molecule has 1 saturated heterocycles. The highest BCUT2D eigenvalue weighted by Gasteiger charge is 2.17. The smallest absolute Gasteiger partial charge is 0.271 e. The van der Waals surface area contributed by atoms with Crippen molar-refractivity contribution in [1.29, 1.82) is 0 Å². The second kappa shape index (κ2) is 8.89. The summed E-state index contributed by atoms with van der Waals surface area (Å²) in [5.41, 5.74) is 3.52. The largest absolute Gasteiger partial charge is 0.378 e. The van der Waals surface area contributed by atoms with Crippen LogP contribution in [-0.4, -0.2) is 48.3 Å². The Morgan fingerprint density at radius 2 is 1.66 bits per heavy atom. The van der Waals surface area contributed by atoms with E-state index in [0.29, 0.717) is 31.9 Å². The van der Waals surface area contributed by atoms with E-state index >= 15 is 0 Å². The van der Waals surface area contributed by atoms with Crippen molar-refractivity contribution in [3.63, 3.8) is 0 Å². The van der Waals surface area contributed by atoms with Gasteiger partial charge in [-0.25, -0.2) is 5.43 Å². The average Bonchev–Trinajstić information content (AvgIpc) is 2.74. The van der Waals surface area contributed by atoms with Gasteiger partial charge in [0.2, 0.25) is 0 Å². The fourth-order valence-corrected chi connectivity index (χ4v) is 2.81. The summed E-state index contributed by atoms with van der Waals surface area (Å²) < 4.78 is 5.33. The normalized spacial score (nSPS) is 14.0. The summed E-state index contributed by atoms with van der Waals surface area (Å²) in [6, 6.07) is 9.50. The van der Waals surface area contributed by atoms with Crippen LogP contribution in [0.25, 0.3) is 0 Å². The Labute approximate surface area is 164 Å². The minimum atomic E-state index is -0.561. The summed E-state index contributed by atoms with van der Waals surface area (Å²) in [7, 11) is 0. The highest BCUT2D eigenvalue weighted by atomic mass is 16.6. The molecule has 2 aromatic carbocycles. The Hall–Kier alpha value is -3.86. The van der Waals surface area contributed by atoms with Crippen LogP contribution in [0.5, 0.6) is 0 Å². The fraction of sp³-hybridized carbons (Fsp3) is 0.222. The third-order valence-electron chi connectivity index (χ3n) is 4.28. The van der Waals surface area contributed by atoms with Crippen LogP contribution in [0.1, 0.15) is 15.9 Å². The molecule has 0 radical (unpaired) electrons. The summed E-state index contributed by atoms with van der Waals surface area (Å²) in [5.74, 6) is -0.561. The lowest BCUT2D eigenvalue weighted by Crippen LogP contribution is -2.36. The first kappa shape index (κ1) is 19.9. The molecule has 0 aliphatic carbocycles. The maximum Gasteiger partial charge on any atom is 0.271 e. The summed E-state index contributed by atoms with van der Waals surface area (Å²) in [6.45, 7) is 2.36. The van der Waals surface area contributed by atoms with E-state index in [0.717, 1.165) is 5.69 Å². The monoisotopic (exact) mass is 399 g/mol. The van der Waals surface area contributed by atoms with Crippen molar-refractivity contribution >= 4 is 29.2 Å². The third kappa shape index (κ3) is 4.90. The quantitative estimate of drug-likeness (QED) is 0.445. The number of non-ortho nitro benzene ring substituents is 2. The van der Waals surface area contributed by atoms with Gasteiger partial charge in [-0.2, -0.15) is 5.10 Å². The maximum atomic E-state index is 12.1. The van der Waals surface area contributed by atoms with E-state index in [1.807, 2.05) is 4.90 Å². The number of hydrogen-bond acceptors (Lipinski definition) is 8. The molecule has 11 nitrogen and oxygen atoms in total. The number of ether oxygens (including phenoxy) is 1. The standard InChI is InChI=1S/C18H17N5O6/c24-18(13-1-3-15(4-2-13)22(25)26)20-19-12-14-11-16(23(27)28)5-6-17(14)21-7-9-29-10-8-21/h1-6,11-12H,7-10H2,(H,20,24)/b19-12-. The first-order valence-corrected chi connectivity index (χ1v) is 8.64. The molecule has 1 aliphatic heterocycles. The van der Waals surface area contributed by atoms with Crippen molar-refractivity contribution in [2.45, 2.75) is 0 Å². The number of nitrogens with one attached hydrogen (secondary N) is 1. The van der Waals surface area contributed by atoms with Crippen molar-refractivity contribution in [2.24, 2.45) is 5.10 Å². The molecule has 1 heterocycles. The molecule has 0 unspecified atom stereocenters. The molecular formula is C18H17N5O6. The number of rotatable bonds is 6. The summed E-state index contributed by atoms with van der Waals surface area (Å²) in [4.78, 5) is 34.9. The van der Waals surface area contributed by atoms with Gasteiger partial charge in [-0.05, 0) is 18.2 Å². The minimum Gasteiger partial charge on any atom is -0.378 e. The van der Waals surface area contributed by atoms with Gasteiger partial charge in [0.05, 0.1) is 29.3 Å². The van der Waals surface area contributed by atoms with Crippen LogP contribution in [0.4, 0.5) is 17.1 Å². The molecular weight excluding hydrogens is 382 g/mol. The molecule has 11 heteroatoms. The number of hydrazone groups is 1. The van der Waals surface area contributed by atoms with Crippen LogP contribution in [0.15, 0.2) is 47.6 Å². The van der Waals surface area contributed by atoms with Gasteiger partial charge in [0.15, 0.2) is 0 Å². The number of carbonyl (C=O) groups excluding carboxylic acids is 1. The zero-order chi connectivity index (χ0) is 20.8. The van der Waals surface area contributed by atoms with Gasteiger partial charge < -0.3 is 9.64 Å². The highest BCUT2D eigenvalue weighted by molar-refractivity contribution is 5.96. The second-order valence-corrected chi connectivity index (χ2v) is 6.10. The summed E-state index contributed by atoms with van der Waals surface area (Å²) in [5, 5.41) is 25.7. The van der Waals surface area contributed by atoms with Crippen molar-refractivity contribution in [2.75, 3.05) is 31.2 Å². The predicted molar refractivity (Wildman–Crippen MR) is 104 cm³/mol. The zero-order valence-corrected chi connectivity index (χ0v) is 15.2. The first-order valence-electron chi connectivity index (χ1n) is 8.64. The van der Waals surface area contributed by atoms with Crippen LogP contribution in [-0.2, 0) is 4.74 Å². The van der Waals surface area contributed by atoms with Gasteiger partial charge in [-0.15, -0.1) is 0 Å². The van der Waals surface area contributed by atoms with Gasteiger partial charge in [-0.1, -0.05) is 0 Å². The summed E-state index contributed by atoms with van der Waals surface area (Å²) in [6.07, 6.45) is 1.33. The number of carbonyl (C=O) groups is 1.